The van der Waals surface area contributed by atoms with Gasteiger partial charge in [-0.1, -0.05) is 11.6 Å². The van der Waals surface area contributed by atoms with Gasteiger partial charge >= 0.3 is 0 Å². The molecule has 0 spiro atoms. The lowest BCUT2D eigenvalue weighted by atomic mass is 10.3. The van der Waals surface area contributed by atoms with Gasteiger partial charge in [0.2, 0.25) is 0 Å². The van der Waals surface area contributed by atoms with Gasteiger partial charge < -0.3 is 4.90 Å². The van der Waals surface area contributed by atoms with E-state index < -0.39 is 4.92 Å². The molecule has 0 unspecified atom stereocenters. The Morgan fingerprint density at radius 3 is 2.32 bits per heavy atom. The van der Waals surface area contributed by atoms with Crippen molar-refractivity contribution in [1.82, 2.24) is 4.98 Å². The van der Waals surface area contributed by atoms with Crippen molar-refractivity contribution in [3.05, 3.63) is 27.4 Å². The lowest BCUT2D eigenvalue weighted by Gasteiger charge is -2.24. The third kappa shape index (κ3) is 3.15. The Kier molecular flexibility index (Phi) is 3.31. The fraction of sp³-hybridized carbons (Fsp3) is 0.615. The van der Waals surface area contributed by atoms with Gasteiger partial charge in [0.15, 0.2) is 0 Å². The predicted molar refractivity (Wildman–Crippen MR) is 73.6 cm³/mol. The number of aromatic nitrogens is 1. The molecule has 0 radical (unpaired) electrons. The van der Waals surface area contributed by atoms with E-state index in [0.29, 0.717) is 10.8 Å². The van der Waals surface area contributed by atoms with Gasteiger partial charge in [0, 0.05) is 19.2 Å². The number of rotatable bonds is 6. The topological polar surface area (TPSA) is 59.3 Å². The number of anilines is 1. The summed E-state index contributed by atoms with van der Waals surface area (Å²) < 4.78 is 0. The molecule has 102 valence electrons. The van der Waals surface area contributed by atoms with Gasteiger partial charge in [-0.2, -0.15) is 0 Å². The van der Waals surface area contributed by atoms with Gasteiger partial charge in [0.05, 0.1) is 9.95 Å². The van der Waals surface area contributed by atoms with E-state index in [1.54, 1.807) is 0 Å². The molecular formula is C13H16ClN3O2. The average Bonchev–Trinajstić information content (AvgIpc) is 3.23. The lowest BCUT2D eigenvalue weighted by Crippen LogP contribution is -2.29. The largest absolute Gasteiger partial charge is 0.355 e. The predicted octanol–water partition coefficient (Wildman–Crippen LogP) is 3.27. The molecular weight excluding hydrogens is 266 g/mol. The van der Waals surface area contributed by atoms with Crippen molar-refractivity contribution in [1.29, 1.82) is 0 Å². The van der Waals surface area contributed by atoms with Crippen LogP contribution < -0.4 is 4.90 Å². The quantitative estimate of drug-likeness (QED) is 0.593. The molecule has 0 bridgehead atoms. The summed E-state index contributed by atoms with van der Waals surface area (Å²) in [6.07, 6.45) is 6.38. The summed E-state index contributed by atoms with van der Waals surface area (Å²) >= 11 is 6.17. The van der Waals surface area contributed by atoms with Crippen molar-refractivity contribution in [3.63, 3.8) is 0 Å². The van der Waals surface area contributed by atoms with E-state index in [9.17, 15) is 10.1 Å². The molecule has 0 N–H and O–H groups in total. The third-order valence-electron chi connectivity index (χ3n) is 3.67. The van der Waals surface area contributed by atoms with Crippen LogP contribution in [0.15, 0.2) is 12.3 Å². The van der Waals surface area contributed by atoms with E-state index in [-0.39, 0.29) is 5.69 Å². The number of hydrogen-bond acceptors (Lipinski definition) is 4. The highest BCUT2D eigenvalue weighted by Crippen LogP contribution is 2.37. The molecule has 6 heteroatoms. The minimum atomic E-state index is -0.464. The second kappa shape index (κ2) is 4.96. The van der Waals surface area contributed by atoms with Crippen LogP contribution in [0.3, 0.4) is 0 Å². The molecule has 0 saturated heterocycles. The maximum absolute atomic E-state index is 10.7. The zero-order valence-electron chi connectivity index (χ0n) is 10.6. The number of nitrogens with zero attached hydrogens (tertiary/aromatic N) is 3. The molecule has 2 aliphatic carbocycles. The van der Waals surface area contributed by atoms with E-state index in [2.05, 4.69) is 9.88 Å². The molecule has 0 atom stereocenters. The third-order valence-corrected chi connectivity index (χ3v) is 3.95. The Bertz CT molecular complexity index is 487. The fourth-order valence-corrected chi connectivity index (χ4v) is 2.50. The van der Waals surface area contributed by atoms with Crippen LogP contribution in [-0.4, -0.2) is 23.0 Å². The Morgan fingerprint density at radius 1 is 1.32 bits per heavy atom. The summed E-state index contributed by atoms with van der Waals surface area (Å²) in [7, 11) is 0. The SMILES string of the molecule is O=[N+]([O-])c1cnc(N(CC2CC2)CC2CC2)c(Cl)c1. The first-order valence-electron chi connectivity index (χ1n) is 6.68. The van der Waals surface area contributed by atoms with Gasteiger partial charge in [0.1, 0.15) is 12.0 Å². The fourth-order valence-electron chi connectivity index (χ4n) is 2.22. The van der Waals surface area contributed by atoms with Gasteiger partial charge in [-0.25, -0.2) is 4.98 Å². The summed E-state index contributed by atoms with van der Waals surface area (Å²) in [4.78, 5) is 16.7. The molecule has 19 heavy (non-hydrogen) atoms. The van der Waals surface area contributed by atoms with E-state index in [1.807, 2.05) is 0 Å². The molecule has 3 rings (SSSR count). The van der Waals surface area contributed by atoms with Crippen molar-refractivity contribution >= 4 is 23.1 Å². The first-order valence-corrected chi connectivity index (χ1v) is 7.06. The van der Waals surface area contributed by atoms with E-state index >= 15 is 0 Å². The van der Waals surface area contributed by atoms with Crippen molar-refractivity contribution in [2.45, 2.75) is 25.7 Å². The van der Waals surface area contributed by atoms with Crippen molar-refractivity contribution in [2.75, 3.05) is 18.0 Å². The van der Waals surface area contributed by atoms with Crippen LogP contribution in [0, 0.1) is 22.0 Å². The number of hydrogen-bond donors (Lipinski definition) is 0. The van der Waals surface area contributed by atoms with Crippen molar-refractivity contribution in [2.24, 2.45) is 11.8 Å². The Labute approximate surface area is 116 Å². The van der Waals surface area contributed by atoms with E-state index in [4.69, 9.17) is 11.6 Å². The number of nitro groups is 1. The van der Waals surface area contributed by atoms with Gasteiger partial charge in [0.25, 0.3) is 5.69 Å². The molecule has 2 saturated carbocycles. The van der Waals surface area contributed by atoms with Gasteiger partial charge in [-0.3, -0.25) is 10.1 Å². The Balaban J connectivity index is 1.80. The standard InChI is InChI=1S/C13H16ClN3O2/c14-12-5-11(17(18)19)6-15-13(12)16(7-9-1-2-9)8-10-3-4-10/h5-6,9-10H,1-4,7-8H2. The number of pyridine rings is 1. The molecule has 0 aromatic carbocycles. The smallest absolute Gasteiger partial charge is 0.289 e. The van der Waals surface area contributed by atoms with Crippen LogP contribution in [0.25, 0.3) is 0 Å². The normalized spacial score (nSPS) is 18.4. The Morgan fingerprint density at radius 2 is 1.89 bits per heavy atom. The summed E-state index contributed by atoms with van der Waals surface area (Å²) in [6.45, 7) is 1.95. The van der Waals surface area contributed by atoms with Crippen LogP contribution in [0.4, 0.5) is 11.5 Å². The molecule has 2 aliphatic rings. The van der Waals surface area contributed by atoms with Gasteiger partial charge in [-0.05, 0) is 37.5 Å². The molecule has 5 nitrogen and oxygen atoms in total. The molecule has 1 aromatic rings. The Hall–Kier alpha value is -1.36. The second-order valence-corrected chi connectivity index (χ2v) is 5.95. The van der Waals surface area contributed by atoms with Crippen LogP contribution in [-0.2, 0) is 0 Å². The first kappa shape index (κ1) is 12.7. The maximum Gasteiger partial charge on any atom is 0.289 e. The van der Waals surface area contributed by atoms with E-state index in [0.717, 1.165) is 24.9 Å². The van der Waals surface area contributed by atoms with Crippen LogP contribution in [0.5, 0.6) is 0 Å². The zero-order chi connectivity index (χ0) is 13.4. The minimum Gasteiger partial charge on any atom is -0.355 e. The van der Waals surface area contributed by atoms with E-state index in [1.165, 1.54) is 37.9 Å². The highest BCUT2D eigenvalue weighted by atomic mass is 35.5. The molecule has 1 heterocycles. The summed E-state index contributed by atoms with van der Waals surface area (Å²) in [5, 5.41) is 11.1. The maximum atomic E-state index is 10.7. The van der Waals surface area contributed by atoms with Crippen molar-refractivity contribution < 1.29 is 4.92 Å². The molecule has 2 fully saturated rings. The lowest BCUT2D eigenvalue weighted by molar-refractivity contribution is -0.385. The summed E-state index contributed by atoms with van der Waals surface area (Å²) in [5.41, 5.74) is -0.0495. The van der Waals surface area contributed by atoms with Crippen LogP contribution in [0.2, 0.25) is 5.02 Å². The van der Waals surface area contributed by atoms with Crippen LogP contribution in [0.1, 0.15) is 25.7 Å². The van der Waals surface area contributed by atoms with Gasteiger partial charge in [-0.15, -0.1) is 0 Å². The molecule has 1 aromatic heterocycles. The summed E-state index contributed by atoms with van der Waals surface area (Å²) in [6, 6.07) is 1.40. The first-order chi connectivity index (χ1) is 9.13. The minimum absolute atomic E-state index is 0.0495. The van der Waals surface area contributed by atoms with Crippen LogP contribution >= 0.6 is 11.6 Å². The molecule has 0 aliphatic heterocycles. The van der Waals surface area contributed by atoms with Crippen molar-refractivity contribution in [3.8, 4) is 0 Å². The highest BCUT2D eigenvalue weighted by Gasteiger charge is 2.31. The summed E-state index contributed by atoms with van der Waals surface area (Å²) in [5.74, 6) is 2.18. The molecule has 0 amide bonds. The average molecular weight is 282 g/mol. The monoisotopic (exact) mass is 281 g/mol. The second-order valence-electron chi connectivity index (χ2n) is 5.55. The number of halogens is 1. The highest BCUT2D eigenvalue weighted by molar-refractivity contribution is 6.33. The zero-order valence-corrected chi connectivity index (χ0v) is 11.3.